The van der Waals surface area contributed by atoms with Crippen LogP contribution >= 0.6 is 0 Å². The number of benzene rings is 1. The highest BCUT2D eigenvalue weighted by atomic mass is 14.9. The summed E-state index contributed by atoms with van der Waals surface area (Å²) in [6.45, 7) is 0. The Bertz CT molecular complexity index is 848. The number of aromatic nitrogens is 4. The van der Waals surface area contributed by atoms with E-state index in [0.29, 0.717) is 0 Å². The summed E-state index contributed by atoms with van der Waals surface area (Å²) in [4.78, 5) is 16.3. The van der Waals surface area contributed by atoms with Crippen LogP contribution in [-0.2, 0) is 0 Å². The summed E-state index contributed by atoms with van der Waals surface area (Å²) >= 11 is 0. The molecule has 80 valence electrons. The Labute approximate surface area is 96.3 Å². The molecule has 0 radical (unpaired) electrons. The summed E-state index contributed by atoms with van der Waals surface area (Å²) in [5.74, 6) is 0. The summed E-state index contributed by atoms with van der Waals surface area (Å²) in [5, 5.41) is 2.12. The third-order valence-electron chi connectivity index (χ3n) is 2.99. The van der Waals surface area contributed by atoms with Gasteiger partial charge < -0.3 is 4.98 Å². The molecule has 0 aliphatic rings. The third kappa shape index (κ3) is 1.09. The van der Waals surface area contributed by atoms with Crippen molar-refractivity contribution in [1.29, 1.82) is 0 Å². The smallest absolute Gasteiger partial charge is 0.101 e. The third-order valence-corrected chi connectivity index (χ3v) is 2.99. The number of fused-ring (bicyclic) bond motifs is 5. The van der Waals surface area contributed by atoms with Crippen LogP contribution in [0.1, 0.15) is 0 Å². The zero-order valence-corrected chi connectivity index (χ0v) is 8.88. The van der Waals surface area contributed by atoms with Crippen LogP contribution in [0.2, 0.25) is 0 Å². The van der Waals surface area contributed by atoms with Crippen LogP contribution in [0.5, 0.6) is 0 Å². The fourth-order valence-corrected chi connectivity index (χ4v) is 2.21. The Morgan fingerprint density at radius 2 is 1.94 bits per heavy atom. The maximum absolute atomic E-state index is 4.45. The van der Waals surface area contributed by atoms with Gasteiger partial charge in [0.15, 0.2) is 0 Å². The molecule has 1 aromatic carbocycles. The monoisotopic (exact) mass is 220 g/mol. The van der Waals surface area contributed by atoms with Crippen molar-refractivity contribution in [3.63, 3.8) is 0 Å². The van der Waals surface area contributed by atoms with Crippen molar-refractivity contribution in [3.8, 4) is 0 Å². The van der Waals surface area contributed by atoms with Crippen LogP contribution < -0.4 is 0 Å². The molecule has 0 fully saturated rings. The highest BCUT2D eigenvalue weighted by Gasteiger charge is 2.08. The SMILES string of the molecule is c1cnc2c(c1)ccc1ncc3[nH]cnc3c12. The lowest BCUT2D eigenvalue weighted by Gasteiger charge is -2.02. The van der Waals surface area contributed by atoms with Gasteiger partial charge in [-0.05, 0) is 12.1 Å². The Balaban J connectivity index is 2.41. The first-order valence-electron chi connectivity index (χ1n) is 5.39. The van der Waals surface area contributed by atoms with Crippen LogP contribution in [-0.4, -0.2) is 19.9 Å². The maximum Gasteiger partial charge on any atom is 0.101 e. The first-order chi connectivity index (χ1) is 8.43. The molecular formula is C13H8N4. The van der Waals surface area contributed by atoms with Gasteiger partial charge in [0.25, 0.3) is 0 Å². The number of H-pyrrole nitrogens is 1. The van der Waals surface area contributed by atoms with E-state index in [1.54, 1.807) is 18.7 Å². The van der Waals surface area contributed by atoms with E-state index in [-0.39, 0.29) is 0 Å². The molecule has 0 spiro atoms. The largest absolute Gasteiger partial charge is 0.343 e. The number of hydrogen-bond donors (Lipinski definition) is 1. The predicted molar refractivity (Wildman–Crippen MR) is 66.7 cm³/mol. The molecule has 3 heterocycles. The van der Waals surface area contributed by atoms with Gasteiger partial charge in [-0.2, -0.15) is 0 Å². The molecule has 4 heteroatoms. The Morgan fingerprint density at radius 1 is 0.941 bits per heavy atom. The lowest BCUT2D eigenvalue weighted by atomic mass is 10.1. The molecule has 3 aromatic heterocycles. The summed E-state index contributed by atoms with van der Waals surface area (Å²) in [5.41, 5.74) is 3.75. The van der Waals surface area contributed by atoms with Crippen LogP contribution in [0.25, 0.3) is 32.8 Å². The second-order valence-electron chi connectivity index (χ2n) is 3.96. The van der Waals surface area contributed by atoms with Gasteiger partial charge in [0.05, 0.1) is 34.5 Å². The highest BCUT2D eigenvalue weighted by molar-refractivity contribution is 6.15. The minimum absolute atomic E-state index is 0.927. The molecular weight excluding hydrogens is 212 g/mol. The van der Waals surface area contributed by atoms with Crippen molar-refractivity contribution >= 4 is 32.8 Å². The summed E-state index contributed by atoms with van der Waals surface area (Å²) < 4.78 is 0. The molecule has 0 unspecified atom stereocenters. The molecule has 4 aromatic rings. The molecule has 0 bridgehead atoms. The molecule has 4 nitrogen and oxygen atoms in total. The van der Waals surface area contributed by atoms with E-state index < -0.39 is 0 Å². The molecule has 0 atom stereocenters. The average molecular weight is 220 g/mol. The lowest BCUT2D eigenvalue weighted by Crippen LogP contribution is -1.85. The Morgan fingerprint density at radius 3 is 2.94 bits per heavy atom. The molecule has 0 aliphatic heterocycles. The van der Waals surface area contributed by atoms with Gasteiger partial charge in [0.1, 0.15) is 5.52 Å². The van der Waals surface area contributed by atoms with Crippen molar-refractivity contribution in [1.82, 2.24) is 19.9 Å². The predicted octanol–water partition coefficient (Wildman–Crippen LogP) is 2.66. The van der Waals surface area contributed by atoms with Crippen LogP contribution in [0.15, 0.2) is 43.0 Å². The second-order valence-corrected chi connectivity index (χ2v) is 3.96. The summed E-state index contributed by atoms with van der Waals surface area (Å²) in [6.07, 6.45) is 5.29. The van der Waals surface area contributed by atoms with Crippen molar-refractivity contribution in [2.24, 2.45) is 0 Å². The minimum Gasteiger partial charge on any atom is -0.343 e. The first kappa shape index (κ1) is 8.64. The van der Waals surface area contributed by atoms with E-state index in [0.717, 1.165) is 32.8 Å². The van der Waals surface area contributed by atoms with E-state index in [9.17, 15) is 0 Å². The Hall–Kier alpha value is -2.49. The zero-order chi connectivity index (χ0) is 11.2. The van der Waals surface area contributed by atoms with Crippen molar-refractivity contribution in [3.05, 3.63) is 43.0 Å². The first-order valence-corrected chi connectivity index (χ1v) is 5.39. The normalized spacial score (nSPS) is 11.5. The topological polar surface area (TPSA) is 54.5 Å². The van der Waals surface area contributed by atoms with E-state index in [1.807, 2.05) is 24.3 Å². The van der Waals surface area contributed by atoms with Crippen LogP contribution in [0.4, 0.5) is 0 Å². The number of pyridine rings is 2. The fraction of sp³-hybridized carbons (Fsp3) is 0. The van der Waals surface area contributed by atoms with Gasteiger partial charge in [-0.1, -0.05) is 12.1 Å². The zero-order valence-electron chi connectivity index (χ0n) is 8.88. The van der Waals surface area contributed by atoms with Crippen molar-refractivity contribution in [2.45, 2.75) is 0 Å². The van der Waals surface area contributed by atoms with Crippen LogP contribution in [0, 0.1) is 0 Å². The molecule has 0 saturated heterocycles. The summed E-state index contributed by atoms with van der Waals surface area (Å²) in [6, 6.07) is 8.03. The van der Waals surface area contributed by atoms with Crippen molar-refractivity contribution in [2.75, 3.05) is 0 Å². The quantitative estimate of drug-likeness (QED) is 0.463. The van der Waals surface area contributed by atoms with E-state index in [4.69, 9.17) is 0 Å². The van der Waals surface area contributed by atoms with Gasteiger partial charge in [-0.25, -0.2) is 4.98 Å². The number of nitrogens with one attached hydrogen (secondary N) is 1. The van der Waals surface area contributed by atoms with Crippen LogP contribution in [0.3, 0.4) is 0 Å². The number of rotatable bonds is 0. The standard InChI is InChI=1S/C13H8N4/c1-2-8-3-4-9-11(12(8)14-5-1)13-10(6-15-9)16-7-17-13/h1-7H,(H,16,17). The van der Waals surface area contributed by atoms with Gasteiger partial charge in [-0.15, -0.1) is 0 Å². The summed E-state index contributed by atoms with van der Waals surface area (Å²) in [7, 11) is 0. The molecule has 0 aliphatic carbocycles. The molecule has 0 amide bonds. The minimum atomic E-state index is 0.927. The van der Waals surface area contributed by atoms with E-state index in [2.05, 4.69) is 19.9 Å². The lowest BCUT2D eigenvalue weighted by molar-refractivity contribution is 1.34. The molecule has 0 saturated carbocycles. The van der Waals surface area contributed by atoms with Gasteiger partial charge >= 0.3 is 0 Å². The second kappa shape index (κ2) is 3.01. The average Bonchev–Trinajstić information content (AvgIpc) is 2.86. The molecule has 1 N–H and O–H groups in total. The van der Waals surface area contributed by atoms with E-state index in [1.165, 1.54) is 0 Å². The van der Waals surface area contributed by atoms with Crippen molar-refractivity contribution < 1.29 is 0 Å². The fourth-order valence-electron chi connectivity index (χ4n) is 2.21. The number of nitrogens with zero attached hydrogens (tertiary/aromatic N) is 3. The van der Waals surface area contributed by atoms with E-state index >= 15 is 0 Å². The van der Waals surface area contributed by atoms with Gasteiger partial charge in [0.2, 0.25) is 0 Å². The number of imidazole rings is 1. The highest BCUT2D eigenvalue weighted by Crippen LogP contribution is 2.27. The number of aromatic amines is 1. The molecule has 4 rings (SSSR count). The molecule has 17 heavy (non-hydrogen) atoms. The number of hydrogen-bond acceptors (Lipinski definition) is 3. The van der Waals surface area contributed by atoms with Gasteiger partial charge in [-0.3, -0.25) is 9.97 Å². The Kier molecular flexibility index (Phi) is 1.53. The maximum atomic E-state index is 4.45. The van der Waals surface area contributed by atoms with Gasteiger partial charge in [0, 0.05) is 11.6 Å².